The Morgan fingerprint density at radius 3 is 1.63 bits per heavy atom. The molecule has 1 nitrogen and oxygen atoms in total. The summed E-state index contributed by atoms with van der Waals surface area (Å²) in [6.07, 6.45) is 1.96. The van der Waals surface area contributed by atoms with Crippen LogP contribution in [0.25, 0.3) is 43.9 Å². The first-order chi connectivity index (χ1) is 13.3. The molecular weight excluding hydrogens is 350 g/mol. The maximum absolute atomic E-state index is 6.72. The van der Waals surface area contributed by atoms with Crippen molar-refractivity contribution in [3.8, 4) is 22.4 Å². The number of hydrogen-bond acceptors (Lipinski definition) is 1. The van der Waals surface area contributed by atoms with Crippen molar-refractivity contribution in [1.29, 1.82) is 0 Å². The summed E-state index contributed by atoms with van der Waals surface area (Å²) in [5.74, 6) is 0. The molecule has 0 amide bonds. The summed E-state index contributed by atoms with van der Waals surface area (Å²) >= 11 is 6.72. The smallest absolute Gasteiger partial charge is 0.0702 e. The van der Waals surface area contributed by atoms with Gasteiger partial charge in [0.2, 0.25) is 0 Å². The quantitative estimate of drug-likeness (QED) is 0.297. The van der Waals surface area contributed by atoms with E-state index >= 15 is 0 Å². The van der Waals surface area contributed by atoms with Gasteiger partial charge in [-0.15, -0.1) is 0 Å². The van der Waals surface area contributed by atoms with Crippen LogP contribution in [0.15, 0.2) is 97.2 Å². The van der Waals surface area contributed by atoms with Crippen LogP contribution in [0, 0.1) is 0 Å². The lowest BCUT2D eigenvalue weighted by Crippen LogP contribution is -1.89. The summed E-state index contributed by atoms with van der Waals surface area (Å²) in [5, 5.41) is 5.24. The SMILES string of the molecule is Clc1c2ccccc2c(-c2ccc(-c3ccccc3)nc2)c2ccccc12. The third kappa shape index (κ3) is 2.68. The molecule has 4 aromatic carbocycles. The van der Waals surface area contributed by atoms with Gasteiger partial charge in [-0.3, -0.25) is 4.98 Å². The van der Waals surface area contributed by atoms with Gasteiger partial charge < -0.3 is 0 Å². The molecule has 0 atom stereocenters. The average Bonchev–Trinajstić information content (AvgIpc) is 2.75. The lowest BCUT2D eigenvalue weighted by molar-refractivity contribution is 1.33. The maximum Gasteiger partial charge on any atom is 0.0702 e. The van der Waals surface area contributed by atoms with E-state index in [1.807, 2.05) is 36.5 Å². The highest BCUT2D eigenvalue weighted by Gasteiger charge is 2.14. The number of hydrogen-bond donors (Lipinski definition) is 0. The Morgan fingerprint density at radius 2 is 1.07 bits per heavy atom. The summed E-state index contributed by atoms with van der Waals surface area (Å²) in [4.78, 5) is 4.73. The minimum absolute atomic E-state index is 0.804. The van der Waals surface area contributed by atoms with E-state index in [0.29, 0.717) is 0 Å². The van der Waals surface area contributed by atoms with E-state index in [4.69, 9.17) is 16.6 Å². The molecule has 2 heteroatoms. The van der Waals surface area contributed by atoms with Crippen molar-refractivity contribution < 1.29 is 0 Å². The second-order valence-electron chi connectivity index (χ2n) is 6.58. The number of benzene rings is 4. The second kappa shape index (κ2) is 6.53. The van der Waals surface area contributed by atoms with E-state index in [0.717, 1.165) is 43.4 Å². The number of aromatic nitrogens is 1. The average molecular weight is 366 g/mol. The van der Waals surface area contributed by atoms with Crippen LogP contribution in [0.5, 0.6) is 0 Å². The minimum atomic E-state index is 0.804. The van der Waals surface area contributed by atoms with Crippen molar-refractivity contribution in [3.63, 3.8) is 0 Å². The maximum atomic E-state index is 6.72. The molecule has 5 rings (SSSR count). The topological polar surface area (TPSA) is 12.9 Å². The van der Waals surface area contributed by atoms with E-state index in [9.17, 15) is 0 Å². The van der Waals surface area contributed by atoms with Crippen molar-refractivity contribution in [2.45, 2.75) is 0 Å². The summed E-state index contributed by atoms with van der Waals surface area (Å²) in [5.41, 5.74) is 4.37. The molecule has 1 heterocycles. The van der Waals surface area contributed by atoms with Gasteiger partial charge in [0.05, 0.1) is 10.7 Å². The highest BCUT2D eigenvalue weighted by atomic mass is 35.5. The molecular formula is C25H16ClN. The molecule has 128 valence electrons. The van der Waals surface area contributed by atoms with Crippen molar-refractivity contribution >= 4 is 33.1 Å². The largest absolute Gasteiger partial charge is 0.256 e. The first-order valence-corrected chi connectivity index (χ1v) is 9.31. The molecule has 0 N–H and O–H groups in total. The van der Waals surface area contributed by atoms with E-state index in [1.165, 1.54) is 5.56 Å². The van der Waals surface area contributed by atoms with Crippen LogP contribution < -0.4 is 0 Å². The molecule has 27 heavy (non-hydrogen) atoms. The lowest BCUT2D eigenvalue weighted by atomic mass is 9.92. The summed E-state index contributed by atoms with van der Waals surface area (Å²) in [7, 11) is 0. The van der Waals surface area contributed by atoms with Crippen molar-refractivity contribution in [2.24, 2.45) is 0 Å². The number of rotatable bonds is 2. The molecule has 0 aliphatic carbocycles. The monoisotopic (exact) mass is 365 g/mol. The van der Waals surface area contributed by atoms with Gasteiger partial charge in [-0.2, -0.15) is 0 Å². The van der Waals surface area contributed by atoms with Gasteiger partial charge in [0.25, 0.3) is 0 Å². The van der Waals surface area contributed by atoms with Crippen LogP contribution in [-0.2, 0) is 0 Å². The highest BCUT2D eigenvalue weighted by Crippen LogP contribution is 2.41. The number of nitrogens with zero attached hydrogens (tertiary/aromatic N) is 1. The van der Waals surface area contributed by atoms with Gasteiger partial charge >= 0.3 is 0 Å². The molecule has 0 unspecified atom stereocenters. The first-order valence-electron chi connectivity index (χ1n) is 8.94. The normalized spacial score (nSPS) is 11.1. The van der Waals surface area contributed by atoms with Crippen LogP contribution in [-0.4, -0.2) is 4.98 Å². The van der Waals surface area contributed by atoms with Crippen LogP contribution in [0.1, 0.15) is 0 Å². The summed E-state index contributed by atoms with van der Waals surface area (Å²) < 4.78 is 0. The predicted molar refractivity (Wildman–Crippen MR) is 115 cm³/mol. The van der Waals surface area contributed by atoms with Crippen LogP contribution in [0.2, 0.25) is 5.02 Å². The fraction of sp³-hybridized carbons (Fsp3) is 0. The lowest BCUT2D eigenvalue weighted by Gasteiger charge is -2.14. The molecule has 0 saturated carbocycles. The van der Waals surface area contributed by atoms with Crippen molar-refractivity contribution in [3.05, 3.63) is 102 Å². The molecule has 0 radical (unpaired) electrons. The van der Waals surface area contributed by atoms with Crippen molar-refractivity contribution in [2.75, 3.05) is 0 Å². The van der Waals surface area contributed by atoms with E-state index in [-0.39, 0.29) is 0 Å². The van der Waals surface area contributed by atoms with Gasteiger partial charge in [0.15, 0.2) is 0 Å². The van der Waals surface area contributed by atoms with Gasteiger partial charge in [0.1, 0.15) is 0 Å². The Balaban J connectivity index is 1.78. The van der Waals surface area contributed by atoms with Gasteiger partial charge in [-0.1, -0.05) is 96.5 Å². The third-order valence-electron chi connectivity index (χ3n) is 4.99. The zero-order valence-corrected chi connectivity index (χ0v) is 15.3. The zero-order valence-electron chi connectivity index (χ0n) is 14.6. The molecule has 0 fully saturated rings. The fourth-order valence-corrected chi connectivity index (χ4v) is 4.04. The van der Waals surface area contributed by atoms with Crippen molar-refractivity contribution in [1.82, 2.24) is 4.98 Å². The molecule has 5 aromatic rings. The summed E-state index contributed by atoms with van der Waals surface area (Å²) in [6, 6.07) is 31.1. The Hall–Kier alpha value is -3.16. The molecule has 0 bridgehead atoms. The van der Waals surface area contributed by atoms with Gasteiger partial charge in [-0.25, -0.2) is 0 Å². The summed E-state index contributed by atoms with van der Waals surface area (Å²) in [6.45, 7) is 0. The number of pyridine rings is 1. The first kappa shape index (κ1) is 16.0. The van der Waals surface area contributed by atoms with Gasteiger partial charge in [0, 0.05) is 28.1 Å². The molecule has 0 aliphatic heterocycles. The molecule has 0 spiro atoms. The Labute approximate surface area is 162 Å². The Bertz CT molecular complexity index is 1200. The number of halogens is 1. The highest BCUT2D eigenvalue weighted by molar-refractivity contribution is 6.42. The third-order valence-corrected chi connectivity index (χ3v) is 5.39. The van der Waals surface area contributed by atoms with E-state index in [1.54, 1.807) is 0 Å². The Morgan fingerprint density at radius 1 is 0.519 bits per heavy atom. The number of fused-ring (bicyclic) bond motifs is 2. The van der Waals surface area contributed by atoms with E-state index < -0.39 is 0 Å². The molecule has 0 aliphatic rings. The predicted octanol–water partition coefficient (Wildman–Crippen LogP) is 7.38. The van der Waals surface area contributed by atoms with E-state index in [2.05, 4.69) is 60.7 Å². The Kier molecular flexibility index (Phi) is 3.88. The molecule has 1 aromatic heterocycles. The zero-order chi connectivity index (χ0) is 18.2. The standard InChI is InChI=1S/C25H16ClN/c26-25-21-12-6-4-10-19(21)24(20-11-5-7-13-22(20)25)18-14-15-23(27-16-18)17-8-2-1-3-9-17/h1-16H. The van der Waals surface area contributed by atoms with Crippen LogP contribution >= 0.6 is 11.6 Å². The van der Waals surface area contributed by atoms with Crippen LogP contribution in [0.3, 0.4) is 0 Å². The minimum Gasteiger partial charge on any atom is -0.256 e. The molecule has 0 saturated heterocycles. The van der Waals surface area contributed by atoms with Gasteiger partial charge in [-0.05, 0) is 22.4 Å². The van der Waals surface area contributed by atoms with Crippen LogP contribution in [0.4, 0.5) is 0 Å². The second-order valence-corrected chi connectivity index (χ2v) is 6.96. The fourth-order valence-electron chi connectivity index (χ4n) is 3.71.